The van der Waals surface area contributed by atoms with Crippen molar-refractivity contribution in [3.05, 3.63) is 60.2 Å². The minimum atomic E-state index is -1.06. The van der Waals surface area contributed by atoms with Gasteiger partial charge in [-0.25, -0.2) is 8.78 Å². The van der Waals surface area contributed by atoms with Gasteiger partial charge in [-0.15, -0.1) is 0 Å². The number of carbonyl (C=O) groups is 2. The number of nitrogens with zero attached hydrogens (tertiary/aromatic N) is 2. The predicted octanol–water partition coefficient (Wildman–Crippen LogP) is 3.03. The largest absolute Gasteiger partial charge is 0.366 e. The van der Waals surface area contributed by atoms with Crippen LogP contribution in [0.4, 0.5) is 20.2 Å². The molecule has 146 valence electrons. The zero-order chi connectivity index (χ0) is 19.7. The molecule has 28 heavy (non-hydrogen) atoms. The third kappa shape index (κ3) is 3.44. The molecule has 0 unspecified atom stereocenters. The minimum absolute atomic E-state index is 0.199. The van der Waals surface area contributed by atoms with E-state index < -0.39 is 11.2 Å². The highest BCUT2D eigenvalue weighted by molar-refractivity contribution is 6.13. The first-order valence-electron chi connectivity index (χ1n) is 9.35. The molecule has 2 aromatic rings. The lowest BCUT2D eigenvalue weighted by molar-refractivity contribution is -0.142. The molecule has 0 radical (unpaired) electrons. The summed E-state index contributed by atoms with van der Waals surface area (Å²) in [5.74, 6) is -1.32. The molecule has 2 amide bonds. The van der Waals surface area contributed by atoms with Gasteiger partial charge in [0.1, 0.15) is 17.0 Å². The summed E-state index contributed by atoms with van der Waals surface area (Å²) >= 11 is 0. The van der Waals surface area contributed by atoms with Crippen molar-refractivity contribution in [1.82, 2.24) is 4.90 Å². The van der Waals surface area contributed by atoms with Crippen LogP contribution in [-0.4, -0.2) is 42.9 Å². The average Bonchev–Trinajstić information content (AvgIpc) is 3.50. The van der Waals surface area contributed by atoms with Gasteiger partial charge in [0.2, 0.25) is 11.8 Å². The molecular weight excluding hydrogens is 364 g/mol. The first-order valence-corrected chi connectivity index (χ1v) is 9.35. The van der Waals surface area contributed by atoms with Crippen molar-refractivity contribution in [3.8, 4) is 0 Å². The Kier molecular flexibility index (Phi) is 4.75. The molecule has 1 aliphatic carbocycles. The van der Waals surface area contributed by atoms with E-state index in [1.54, 1.807) is 29.2 Å². The van der Waals surface area contributed by atoms with E-state index in [-0.39, 0.29) is 17.6 Å². The van der Waals surface area contributed by atoms with Crippen LogP contribution >= 0.6 is 0 Å². The van der Waals surface area contributed by atoms with Crippen LogP contribution in [0, 0.1) is 17.0 Å². The van der Waals surface area contributed by atoms with E-state index >= 15 is 0 Å². The number of nitrogens with one attached hydrogen (secondary N) is 1. The SMILES string of the molecule is O=C(Nc1cccc(F)c1)C1(C(=O)N2CCN(c3ccccc3F)CC2)CC1. The van der Waals surface area contributed by atoms with Crippen molar-refractivity contribution >= 4 is 23.2 Å². The van der Waals surface area contributed by atoms with E-state index in [2.05, 4.69) is 5.32 Å². The van der Waals surface area contributed by atoms with Crippen LogP contribution in [0.1, 0.15) is 12.8 Å². The van der Waals surface area contributed by atoms with E-state index in [9.17, 15) is 18.4 Å². The molecule has 0 bridgehead atoms. The van der Waals surface area contributed by atoms with Crippen LogP contribution < -0.4 is 10.2 Å². The minimum Gasteiger partial charge on any atom is -0.366 e. The molecule has 0 aromatic heterocycles. The summed E-state index contributed by atoms with van der Waals surface area (Å²) in [7, 11) is 0. The Bertz CT molecular complexity index is 906. The van der Waals surface area contributed by atoms with Gasteiger partial charge < -0.3 is 15.1 Å². The van der Waals surface area contributed by atoms with E-state index in [4.69, 9.17) is 0 Å². The molecule has 1 saturated heterocycles. The molecule has 5 nitrogen and oxygen atoms in total. The smallest absolute Gasteiger partial charge is 0.240 e. The number of anilines is 2. The Balaban J connectivity index is 1.39. The maximum Gasteiger partial charge on any atom is 0.240 e. The molecule has 2 aromatic carbocycles. The van der Waals surface area contributed by atoms with Gasteiger partial charge in [-0.2, -0.15) is 0 Å². The van der Waals surface area contributed by atoms with Crippen molar-refractivity contribution in [2.24, 2.45) is 5.41 Å². The van der Waals surface area contributed by atoms with Gasteiger partial charge in [-0.05, 0) is 43.2 Å². The van der Waals surface area contributed by atoms with Crippen molar-refractivity contribution in [3.63, 3.8) is 0 Å². The first kappa shape index (κ1) is 18.4. The van der Waals surface area contributed by atoms with Crippen LogP contribution in [0.15, 0.2) is 48.5 Å². The Labute approximate surface area is 161 Å². The van der Waals surface area contributed by atoms with E-state index in [1.165, 1.54) is 24.3 Å². The maximum absolute atomic E-state index is 14.0. The summed E-state index contributed by atoms with van der Waals surface area (Å²) in [6.07, 6.45) is 0.973. The number of rotatable bonds is 4. The van der Waals surface area contributed by atoms with Gasteiger partial charge in [-0.1, -0.05) is 18.2 Å². The lowest BCUT2D eigenvalue weighted by Gasteiger charge is -2.37. The van der Waals surface area contributed by atoms with Gasteiger partial charge in [-0.3, -0.25) is 9.59 Å². The standard InChI is InChI=1S/C21H21F2N3O2/c22-15-4-3-5-16(14-15)24-19(27)21(8-9-21)20(28)26-12-10-25(11-13-26)18-7-2-1-6-17(18)23/h1-7,14H,8-13H2,(H,24,27). The molecular formula is C21H21F2N3O2. The lowest BCUT2D eigenvalue weighted by Crippen LogP contribution is -2.52. The quantitative estimate of drug-likeness (QED) is 0.824. The fourth-order valence-electron chi connectivity index (χ4n) is 3.64. The number of para-hydroxylation sites is 1. The van der Waals surface area contributed by atoms with Crippen LogP contribution in [0.2, 0.25) is 0 Å². The number of amides is 2. The highest BCUT2D eigenvalue weighted by atomic mass is 19.1. The topological polar surface area (TPSA) is 52.7 Å². The molecule has 2 fully saturated rings. The third-order valence-corrected chi connectivity index (χ3v) is 5.44. The van der Waals surface area contributed by atoms with Crippen molar-refractivity contribution in [2.75, 3.05) is 36.4 Å². The summed E-state index contributed by atoms with van der Waals surface area (Å²) in [6, 6.07) is 12.2. The molecule has 1 heterocycles. The van der Waals surface area contributed by atoms with Gasteiger partial charge in [0.25, 0.3) is 0 Å². The molecule has 1 saturated carbocycles. The summed E-state index contributed by atoms with van der Waals surface area (Å²) in [5, 5.41) is 2.66. The monoisotopic (exact) mass is 385 g/mol. The van der Waals surface area contributed by atoms with Gasteiger partial charge in [0, 0.05) is 31.9 Å². The fraction of sp³-hybridized carbons (Fsp3) is 0.333. The molecule has 2 aliphatic rings. The zero-order valence-corrected chi connectivity index (χ0v) is 15.3. The van der Waals surface area contributed by atoms with Crippen LogP contribution in [-0.2, 0) is 9.59 Å². The van der Waals surface area contributed by atoms with Gasteiger partial charge >= 0.3 is 0 Å². The number of benzene rings is 2. The number of piperazine rings is 1. The van der Waals surface area contributed by atoms with E-state index in [1.807, 2.05) is 4.90 Å². The third-order valence-electron chi connectivity index (χ3n) is 5.44. The van der Waals surface area contributed by atoms with Crippen LogP contribution in [0.25, 0.3) is 0 Å². The molecule has 7 heteroatoms. The Morgan fingerprint density at radius 2 is 1.64 bits per heavy atom. The normalized spacial score (nSPS) is 17.9. The van der Waals surface area contributed by atoms with E-state index in [0.29, 0.717) is 50.4 Å². The second-order valence-electron chi connectivity index (χ2n) is 7.28. The Morgan fingerprint density at radius 1 is 0.929 bits per heavy atom. The average molecular weight is 385 g/mol. The zero-order valence-electron chi connectivity index (χ0n) is 15.3. The molecule has 1 aliphatic heterocycles. The number of hydrogen-bond acceptors (Lipinski definition) is 3. The second kappa shape index (κ2) is 7.22. The molecule has 4 rings (SSSR count). The van der Waals surface area contributed by atoms with Crippen LogP contribution in [0.3, 0.4) is 0 Å². The summed E-state index contributed by atoms with van der Waals surface area (Å²) in [5.41, 5.74) is -0.194. The summed E-state index contributed by atoms with van der Waals surface area (Å²) < 4.78 is 27.3. The fourth-order valence-corrected chi connectivity index (χ4v) is 3.64. The summed E-state index contributed by atoms with van der Waals surface area (Å²) in [6.45, 7) is 1.88. The highest BCUT2D eigenvalue weighted by Crippen LogP contribution is 2.48. The highest BCUT2D eigenvalue weighted by Gasteiger charge is 2.58. The van der Waals surface area contributed by atoms with Crippen molar-refractivity contribution in [2.45, 2.75) is 12.8 Å². The van der Waals surface area contributed by atoms with Crippen LogP contribution in [0.5, 0.6) is 0 Å². The van der Waals surface area contributed by atoms with Gasteiger partial charge in [0.05, 0.1) is 5.69 Å². The lowest BCUT2D eigenvalue weighted by atomic mass is 10.0. The second-order valence-corrected chi connectivity index (χ2v) is 7.28. The number of hydrogen-bond donors (Lipinski definition) is 1. The van der Waals surface area contributed by atoms with Crippen molar-refractivity contribution in [1.29, 1.82) is 0 Å². The number of halogens is 2. The molecule has 0 spiro atoms. The summed E-state index contributed by atoms with van der Waals surface area (Å²) in [4.78, 5) is 29.3. The molecule has 0 atom stereocenters. The first-order chi connectivity index (χ1) is 13.5. The maximum atomic E-state index is 14.0. The predicted molar refractivity (Wildman–Crippen MR) is 102 cm³/mol. The Morgan fingerprint density at radius 3 is 2.29 bits per heavy atom. The number of carbonyl (C=O) groups excluding carboxylic acids is 2. The molecule has 1 N–H and O–H groups in total. The Hall–Kier alpha value is -2.96. The van der Waals surface area contributed by atoms with Crippen molar-refractivity contribution < 1.29 is 18.4 Å². The van der Waals surface area contributed by atoms with E-state index in [0.717, 1.165) is 0 Å². The van der Waals surface area contributed by atoms with Gasteiger partial charge in [0.15, 0.2) is 0 Å².